The Balaban J connectivity index is 3.28. The van der Waals surface area contributed by atoms with E-state index in [1.807, 2.05) is 0 Å². The van der Waals surface area contributed by atoms with Crippen LogP contribution in [0.25, 0.3) is 0 Å². The van der Waals surface area contributed by atoms with Gasteiger partial charge in [0.2, 0.25) is 0 Å². The molecule has 0 saturated carbocycles. The summed E-state index contributed by atoms with van der Waals surface area (Å²) in [6.07, 6.45) is 4.60. The van der Waals surface area contributed by atoms with Gasteiger partial charge in [0, 0.05) is 6.61 Å². The molecule has 0 heterocycles. The fourth-order valence-electron chi connectivity index (χ4n) is 0.892. The highest BCUT2D eigenvalue weighted by atomic mass is 16.2. The minimum absolute atomic E-state index is 0.347. The molecule has 0 unspecified atom stereocenters. The number of rotatable bonds is 5. The van der Waals surface area contributed by atoms with E-state index in [-0.39, 0.29) is 0 Å². The van der Waals surface area contributed by atoms with Crippen molar-refractivity contribution in [3.8, 4) is 0 Å². The summed E-state index contributed by atoms with van der Waals surface area (Å²) in [6, 6.07) is 0. The minimum atomic E-state index is 0.347. The molecule has 62 valence electrons. The Labute approximate surface area is 64.5 Å². The summed E-state index contributed by atoms with van der Waals surface area (Å²) < 4.78 is 0. The van der Waals surface area contributed by atoms with Gasteiger partial charge in [-0.3, -0.25) is 0 Å². The molecule has 0 aromatic rings. The van der Waals surface area contributed by atoms with Crippen molar-refractivity contribution >= 4 is 0 Å². The predicted molar refractivity (Wildman–Crippen MR) is 45.0 cm³/mol. The van der Waals surface area contributed by atoms with Crippen LogP contribution in [-0.2, 0) is 0 Å². The van der Waals surface area contributed by atoms with E-state index in [1.54, 1.807) is 0 Å². The lowest BCUT2D eigenvalue weighted by atomic mass is 9.85. The molecule has 0 saturated heterocycles. The molecule has 0 aliphatic carbocycles. The average molecular weight is 144 g/mol. The Bertz CT molecular complexity index is 76.8. The van der Waals surface area contributed by atoms with E-state index in [9.17, 15) is 0 Å². The lowest BCUT2D eigenvalue weighted by Crippen LogP contribution is -2.09. The molecule has 0 atom stereocenters. The smallest absolute Gasteiger partial charge is 0.0431 e. The molecule has 1 heteroatoms. The molecule has 0 radical (unpaired) electrons. The molecule has 10 heavy (non-hydrogen) atoms. The summed E-state index contributed by atoms with van der Waals surface area (Å²) in [7, 11) is 0. The summed E-state index contributed by atoms with van der Waals surface area (Å²) in [6.45, 7) is 7.13. The first-order valence-electron chi connectivity index (χ1n) is 4.23. The van der Waals surface area contributed by atoms with Crippen molar-refractivity contribution in [1.82, 2.24) is 0 Å². The third-order valence-electron chi connectivity index (χ3n) is 2.22. The van der Waals surface area contributed by atoms with Crippen molar-refractivity contribution in [3.05, 3.63) is 0 Å². The molecule has 0 aromatic carbocycles. The Morgan fingerprint density at radius 2 is 1.80 bits per heavy atom. The molecule has 1 N–H and O–H groups in total. The van der Waals surface area contributed by atoms with Crippen LogP contribution >= 0.6 is 0 Å². The first kappa shape index (κ1) is 9.96. The van der Waals surface area contributed by atoms with Crippen molar-refractivity contribution in [3.63, 3.8) is 0 Å². The van der Waals surface area contributed by atoms with Crippen LogP contribution in [0.5, 0.6) is 0 Å². The van der Waals surface area contributed by atoms with Gasteiger partial charge in [-0.1, -0.05) is 33.6 Å². The number of aliphatic hydroxyl groups excluding tert-OH is 1. The monoisotopic (exact) mass is 144 g/mol. The second kappa shape index (κ2) is 4.73. The second-order valence-electron chi connectivity index (χ2n) is 3.70. The standard InChI is InChI=1S/C9H20O/c1-4-9(2,3)7-5-6-8-10/h10H,4-8H2,1-3H3. The fourth-order valence-corrected chi connectivity index (χ4v) is 0.892. The van der Waals surface area contributed by atoms with Gasteiger partial charge in [-0.05, 0) is 18.3 Å². The van der Waals surface area contributed by atoms with E-state index in [0.717, 1.165) is 12.8 Å². The maximum absolute atomic E-state index is 8.54. The van der Waals surface area contributed by atoms with Crippen LogP contribution in [0.1, 0.15) is 46.5 Å². The third-order valence-corrected chi connectivity index (χ3v) is 2.22. The van der Waals surface area contributed by atoms with E-state index >= 15 is 0 Å². The molecule has 0 amide bonds. The zero-order chi connectivity index (χ0) is 8.04. The van der Waals surface area contributed by atoms with Crippen molar-refractivity contribution in [2.24, 2.45) is 5.41 Å². The van der Waals surface area contributed by atoms with E-state index in [1.165, 1.54) is 12.8 Å². The molecule has 0 spiro atoms. The fraction of sp³-hybridized carbons (Fsp3) is 1.00. The SMILES string of the molecule is CCC(C)(C)CCCCO. The van der Waals surface area contributed by atoms with Gasteiger partial charge >= 0.3 is 0 Å². The summed E-state index contributed by atoms with van der Waals surface area (Å²) in [5.74, 6) is 0. The highest BCUT2D eigenvalue weighted by Crippen LogP contribution is 2.26. The maximum atomic E-state index is 8.54. The lowest BCUT2D eigenvalue weighted by molar-refractivity contribution is 0.256. The normalized spacial score (nSPS) is 12.0. The molecular weight excluding hydrogens is 124 g/mol. The first-order valence-corrected chi connectivity index (χ1v) is 4.23. The molecule has 0 bridgehead atoms. The van der Waals surface area contributed by atoms with E-state index < -0.39 is 0 Å². The second-order valence-corrected chi connectivity index (χ2v) is 3.70. The van der Waals surface area contributed by atoms with Crippen molar-refractivity contribution < 1.29 is 5.11 Å². The van der Waals surface area contributed by atoms with Gasteiger partial charge in [0.15, 0.2) is 0 Å². The summed E-state index contributed by atoms with van der Waals surface area (Å²) in [4.78, 5) is 0. The number of unbranched alkanes of at least 4 members (excludes halogenated alkanes) is 1. The number of hydrogen-bond acceptors (Lipinski definition) is 1. The predicted octanol–water partition coefficient (Wildman–Crippen LogP) is 2.59. The van der Waals surface area contributed by atoms with Gasteiger partial charge in [-0.15, -0.1) is 0 Å². The molecule has 0 aliphatic heterocycles. The molecule has 1 nitrogen and oxygen atoms in total. The van der Waals surface area contributed by atoms with E-state index in [2.05, 4.69) is 20.8 Å². The number of hydrogen-bond donors (Lipinski definition) is 1. The van der Waals surface area contributed by atoms with Crippen LogP contribution in [-0.4, -0.2) is 11.7 Å². The molecule has 0 aromatic heterocycles. The van der Waals surface area contributed by atoms with Gasteiger partial charge < -0.3 is 5.11 Å². The Hall–Kier alpha value is -0.0400. The largest absolute Gasteiger partial charge is 0.396 e. The van der Waals surface area contributed by atoms with Crippen molar-refractivity contribution in [2.45, 2.75) is 46.5 Å². The zero-order valence-corrected chi connectivity index (χ0v) is 7.48. The Morgan fingerprint density at radius 1 is 1.20 bits per heavy atom. The van der Waals surface area contributed by atoms with Gasteiger partial charge in [-0.2, -0.15) is 0 Å². The van der Waals surface area contributed by atoms with Crippen LogP contribution < -0.4 is 0 Å². The third kappa shape index (κ3) is 4.80. The van der Waals surface area contributed by atoms with Crippen LogP contribution in [0.4, 0.5) is 0 Å². The highest BCUT2D eigenvalue weighted by Gasteiger charge is 2.13. The summed E-state index contributed by atoms with van der Waals surface area (Å²) in [5, 5.41) is 8.54. The van der Waals surface area contributed by atoms with Crippen molar-refractivity contribution in [2.75, 3.05) is 6.61 Å². The Morgan fingerprint density at radius 3 is 2.20 bits per heavy atom. The molecule has 0 rings (SSSR count). The van der Waals surface area contributed by atoms with Crippen LogP contribution in [0.2, 0.25) is 0 Å². The quantitative estimate of drug-likeness (QED) is 0.588. The Kier molecular flexibility index (Phi) is 4.71. The molecule has 0 fully saturated rings. The zero-order valence-electron chi connectivity index (χ0n) is 7.48. The van der Waals surface area contributed by atoms with Crippen molar-refractivity contribution in [1.29, 1.82) is 0 Å². The minimum Gasteiger partial charge on any atom is -0.396 e. The van der Waals surface area contributed by atoms with Crippen LogP contribution in [0.15, 0.2) is 0 Å². The van der Waals surface area contributed by atoms with Crippen LogP contribution in [0, 0.1) is 5.41 Å². The molecule has 0 aliphatic rings. The van der Waals surface area contributed by atoms with Crippen LogP contribution in [0.3, 0.4) is 0 Å². The lowest BCUT2D eigenvalue weighted by Gasteiger charge is -2.21. The van der Waals surface area contributed by atoms with E-state index in [4.69, 9.17) is 5.11 Å². The van der Waals surface area contributed by atoms with Gasteiger partial charge in [-0.25, -0.2) is 0 Å². The summed E-state index contributed by atoms with van der Waals surface area (Å²) in [5.41, 5.74) is 0.481. The molecular formula is C9H20O. The van der Waals surface area contributed by atoms with E-state index in [0.29, 0.717) is 12.0 Å². The maximum Gasteiger partial charge on any atom is 0.0431 e. The summed E-state index contributed by atoms with van der Waals surface area (Å²) >= 11 is 0. The highest BCUT2D eigenvalue weighted by molar-refractivity contribution is 4.65. The topological polar surface area (TPSA) is 20.2 Å². The van der Waals surface area contributed by atoms with Gasteiger partial charge in [0.05, 0.1) is 0 Å². The average Bonchev–Trinajstić information content (AvgIpc) is 1.89. The first-order chi connectivity index (χ1) is 4.62. The van der Waals surface area contributed by atoms with Gasteiger partial charge in [0.25, 0.3) is 0 Å². The number of aliphatic hydroxyl groups is 1. The van der Waals surface area contributed by atoms with Gasteiger partial charge in [0.1, 0.15) is 0 Å².